The fraction of sp³-hybridized carbons (Fsp3) is 0.261. The summed E-state index contributed by atoms with van der Waals surface area (Å²) in [6, 6.07) is 18.6. The van der Waals surface area contributed by atoms with E-state index in [-0.39, 0.29) is 0 Å². The third-order valence-electron chi connectivity index (χ3n) is 5.52. The standard InChI is InChI=1S/C23H23BrN6O/c24-21-20-22(28-27-21)25-16-26-23(20)30-11-9-29(10-12-30)14-18-7-4-8-19(13-18)31-15-17-5-2-1-3-6-17/h1-8,13,16H,9-12,14-15H2,(H,25,26,27,28). The van der Waals surface area contributed by atoms with E-state index in [1.165, 1.54) is 11.1 Å². The van der Waals surface area contributed by atoms with Crippen molar-refractivity contribution in [1.82, 2.24) is 25.1 Å². The Morgan fingerprint density at radius 3 is 2.58 bits per heavy atom. The minimum Gasteiger partial charge on any atom is -0.489 e. The topological polar surface area (TPSA) is 70.2 Å². The first-order valence-corrected chi connectivity index (χ1v) is 11.1. The predicted octanol–water partition coefficient (Wildman–Crippen LogP) is 4.02. The number of fused-ring (bicyclic) bond motifs is 1. The van der Waals surface area contributed by atoms with E-state index in [0.717, 1.165) is 59.9 Å². The van der Waals surface area contributed by atoms with Gasteiger partial charge in [-0.15, -0.1) is 0 Å². The highest BCUT2D eigenvalue weighted by molar-refractivity contribution is 9.10. The molecule has 2 aromatic heterocycles. The Bertz CT molecular complexity index is 1160. The molecule has 0 amide bonds. The van der Waals surface area contributed by atoms with Gasteiger partial charge in [0.2, 0.25) is 0 Å². The fourth-order valence-electron chi connectivity index (χ4n) is 3.90. The number of nitrogens with zero attached hydrogens (tertiary/aromatic N) is 5. The average Bonchev–Trinajstić information content (AvgIpc) is 3.20. The summed E-state index contributed by atoms with van der Waals surface area (Å²) >= 11 is 3.50. The predicted molar refractivity (Wildman–Crippen MR) is 124 cm³/mol. The van der Waals surface area contributed by atoms with Gasteiger partial charge in [0.15, 0.2) is 5.65 Å². The summed E-state index contributed by atoms with van der Waals surface area (Å²) in [6.07, 6.45) is 1.59. The molecule has 158 valence electrons. The fourth-order valence-corrected chi connectivity index (χ4v) is 4.35. The van der Waals surface area contributed by atoms with Crippen molar-refractivity contribution in [3.05, 3.63) is 76.7 Å². The van der Waals surface area contributed by atoms with Gasteiger partial charge in [-0.05, 0) is 39.2 Å². The van der Waals surface area contributed by atoms with E-state index in [1.54, 1.807) is 6.33 Å². The van der Waals surface area contributed by atoms with Gasteiger partial charge >= 0.3 is 0 Å². The Morgan fingerprint density at radius 1 is 0.935 bits per heavy atom. The van der Waals surface area contributed by atoms with Gasteiger partial charge in [-0.3, -0.25) is 10.00 Å². The average molecular weight is 479 g/mol. The van der Waals surface area contributed by atoms with Crippen molar-refractivity contribution in [1.29, 1.82) is 0 Å². The molecule has 0 aliphatic carbocycles. The van der Waals surface area contributed by atoms with Gasteiger partial charge in [0.1, 0.15) is 29.1 Å². The van der Waals surface area contributed by atoms with E-state index in [1.807, 2.05) is 24.3 Å². The SMILES string of the molecule is Brc1n[nH]c2ncnc(N3CCN(Cc4cccc(OCc5ccccc5)c4)CC3)c12. The zero-order chi connectivity index (χ0) is 21.0. The molecule has 8 heteroatoms. The number of nitrogens with one attached hydrogen (secondary N) is 1. The molecule has 31 heavy (non-hydrogen) atoms. The van der Waals surface area contributed by atoms with Crippen molar-refractivity contribution in [2.45, 2.75) is 13.2 Å². The molecule has 0 saturated carbocycles. The van der Waals surface area contributed by atoms with E-state index in [9.17, 15) is 0 Å². The summed E-state index contributed by atoms with van der Waals surface area (Å²) in [7, 11) is 0. The minimum atomic E-state index is 0.583. The maximum absolute atomic E-state index is 5.99. The number of halogens is 1. The van der Waals surface area contributed by atoms with Crippen molar-refractivity contribution in [2.24, 2.45) is 0 Å². The minimum absolute atomic E-state index is 0.583. The van der Waals surface area contributed by atoms with Crippen molar-refractivity contribution in [2.75, 3.05) is 31.1 Å². The zero-order valence-corrected chi connectivity index (χ0v) is 18.6. The molecule has 1 N–H and O–H groups in total. The maximum Gasteiger partial charge on any atom is 0.161 e. The van der Waals surface area contributed by atoms with Crippen LogP contribution in [0.25, 0.3) is 11.0 Å². The molecular formula is C23H23BrN6O. The highest BCUT2D eigenvalue weighted by Gasteiger charge is 2.22. The van der Waals surface area contributed by atoms with Gasteiger partial charge in [0.05, 0.1) is 5.39 Å². The summed E-state index contributed by atoms with van der Waals surface area (Å²) < 4.78 is 6.74. The van der Waals surface area contributed by atoms with Crippen LogP contribution >= 0.6 is 15.9 Å². The Morgan fingerprint density at radius 2 is 1.74 bits per heavy atom. The number of piperazine rings is 1. The number of benzene rings is 2. The van der Waals surface area contributed by atoms with Crippen molar-refractivity contribution in [3.63, 3.8) is 0 Å². The summed E-state index contributed by atoms with van der Waals surface area (Å²) in [5.41, 5.74) is 3.19. The van der Waals surface area contributed by atoms with Crippen LogP contribution in [0.3, 0.4) is 0 Å². The molecule has 1 aliphatic heterocycles. The van der Waals surface area contributed by atoms with E-state index in [2.05, 4.69) is 76.2 Å². The van der Waals surface area contributed by atoms with Gasteiger partial charge in [-0.1, -0.05) is 42.5 Å². The summed E-state index contributed by atoms with van der Waals surface area (Å²) in [5, 5.41) is 8.09. The quantitative estimate of drug-likeness (QED) is 0.451. The number of hydrogen-bond acceptors (Lipinski definition) is 6. The van der Waals surface area contributed by atoms with Crippen LogP contribution in [0.4, 0.5) is 5.82 Å². The normalized spacial score (nSPS) is 14.8. The van der Waals surface area contributed by atoms with Crippen molar-refractivity contribution in [3.8, 4) is 5.75 Å². The molecule has 0 bridgehead atoms. The Balaban J connectivity index is 1.19. The molecule has 0 spiro atoms. The Labute approximate surface area is 189 Å². The molecule has 1 aliphatic rings. The van der Waals surface area contributed by atoms with Crippen molar-refractivity contribution >= 4 is 32.8 Å². The third-order valence-corrected chi connectivity index (χ3v) is 6.09. The van der Waals surface area contributed by atoms with Crippen LogP contribution in [0.5, 0.6) is 5.75 Å². The lowest BCUT2D eigenvalue weighted by Gasteiger charge is -2.35. The van der Waals surface area contributed by atoms with Crippen LogP contribution in [0, 0.1) is 0 Å². The van der Waals surface area contributed by atoms with Gasteiger partial charge < -0.3 is 9.64 Å². The zero-order valence-electron chi connectivity index (χ0n) is 17.0. The molecule has 1 saturated heterocycles. The van der Waals surface area contributed by atoms with Gasteiger partial charge in [0, 0.05) is 32.7 Å². The molecule has 4 aromatic rings. The van der Waals surface area contributed by atoms with Crippen LogP contribution < -0.4 is 9.64 Å². The molecule has 5 rings (SSSR count). The number of aromatic nitrogens is 4. The molecule has 1 fully saturated rings. The molecule has 7 nitrogen and oxygen atoms in total. The lowest BCUT2D eigenvalue weighted by atomic mass is 10.2. The number of aromatic amines is 1. The maximum atomic E-state index is 5.99. The molecular weight excluding hydrogens is 456 g/mol. The van der Waals surface area contributed by atoms with Crippen LogP contribution in [-0.4, -0.2) is 51.2 Å². The van der Waals surface area contributed by atoms with E-state index in [0.29, 0.717) is 6.61 Å². The third kappa shape index (κ3) is 4.55. The molecule has 3 heterocycles. The van der Waals surface area contributed by atoms with Crippen LogP contribution in [-0.2, 0) is 13.2 Å². The number of anilines is 1. The van der Waals surface area contributed by atoms with Gasteiger partial charge in [-0.25, -0.2) is 9.97 Å². The number of hydrogen-bond donors (Lipinski definition) is 1. The molecule has 2 aromatic carbocycles. The molecule has 0 radical (unpaired) electrons. The van der Waals surface area contributed by atoms with Crippen LogP contribution in [0.15, 0.2) is 65.5 Å². The largest absolute Gasteiger partial charge is 0.489 e. The van der Waals surface area contributed by atoms with E-state index >= 15 is 0 Å². The smallest absolute Gasteiger partial charge is 0.161 e. The van der Waals surface area contributed by atoms with Gasteiger partial charge in [0.25, 0.3) is 0 Å². The van der Waals surface area contributed by atoms with Crippen LogP contribution in [0.2, 0.25) is 0 Å². The summed E-state index contributed by atoms with van der Waals surface area (Å²) in [6.45, 7) is 5.25. The molecule has 0 unspecified atom stereocenters. The second-order valence-electron chi connectivity index (χ2n) is 7.62. The first-order valence-electron chi connectivity index (χ1n) is 10.3. The summed E-state index contributed by atoms with van der Waals surface area (Å²) in [4.78, 5) is 13.6. The Hall–Kier alpha value is -2.97. The highest BCUT2D eigenvalue weighted by atomic mass is 79.9. The monoisotopic (exact) mass is 478 g/mol. The number of ether oxygens (including phenoxy) is 1. The van der Waals surface area contributed by atoms with E-state index < -0.39 is 0 Å². The first kappa shape index (κ1) is 20.0. The van der Waals surface area contributed by atoms with Gasteiger partial charge in [-0.2, -0.15) is 5.10 Å². The number of rotatable bonds is 6. The first-order chi connectivity index (χ1) is 15.3. The Kier molecular flexibility index (Phi) is 5.82. The molecule has 0 atom stereocenters. The van der Waals surface area contributed by atoms with E-state index in [4.69, 9.17) is 4.74 Å². The van der Waals surface area contributed by atoms with Crippen LogP contribution in [0.1, 0.15) is 11.1 Å². The lowest BCUT2D eigenvalue weighted by Crippen LogP contribution is -2.46. The highest BCUT2D eigenvalue weighted by Crippen LogP contribution is 2.29. The van der Waals surface area contributed by atoms with Crippen molar-refractivity contribution < 1.29 is 4.74 Å². The lowest BCUT2D eigenvalue weighted by molar-refractivity contribution is 0.248. The second kappa shape index (κ2) is 9.03. The second-order valence-corrected chi connectivity index (χ2v) is 8.37. The summed E-state index contributed by atoms with van der Waals surface area (Å²) in [5.74, 6) is 1.84. The number of H-pyrrole nitrogens is 1.